The van der Waals surface area contributed by atoms with Crippen LogP contribution in [0.15, 0.2) is 18.3 Å². The Balaban J connectivity index is 1.68. The van der Waals surface area contributed by atoms with Gasteiger partial charge in [0.25, 0.3) is 5.91 Å². The fourth-order valence-corrected chi connectivity index (χ4v) is 3.46. The fraction of sp³-hybridized carbons (Fsp3) is 0.600. The zero-order valence-corrected chi connectivity index (χ0v) is 16.1. The van der Waals surface area contributed by atoms with E-state index in [1.807, 2.05) is 37.6 Å². The summed E-state index contributed by atoms with van der Waals surface area (Å²) < 4.78 is 7.47. The number of likely N-dealkylation sites (tertiary alicyclic amines) is 1. The summed E-state index contributed by atoms with van der Waals surface area (Å²) in [6.07, 6.45) is 6.11. The van der Waals surface area contributed by atoms with Crippen molar-refractivity contribution in [1.29, 1.82) is 0 Å². The number of aryl methyl sites for hydroxylation is 1. The lowest BCUT2D eigenvalue weighted by molar-refractivity contribution is 0.0746. The van der Waals surface area contributed by atoms with Crippen molar-refractivity contribution in [3.8, 4) is 0 Å². The van der Waals surface area contributed by atoms with E-state index in [1.165, 1.54) is 19.3 Å². The van der Waals surface area contributed by atoms with Crippen LogP contribution in [-0.4, -0.2) is 52.9 Å². The van der Waals surface area contributed by atoms with E-state index in [9.17, 15) is 4.79 Å². The standard InChI is InChI=1S/C20H30N4O2/c1-15(2)26-12-9-21-20(25)17-7-8-19-18(16(17)3)13-24(22-19)14-23-10-5-4-6-11-23/h7-8,13,15H,4-6,9-12,14H2,1-3H3,(H,21,25). The highest BCUT2D eigenvalue weighted by Gasteiger charge is 2.15. The van der Waals surface area contributed by atoms with Crippen LogP contribution in [0.5, 0.6) is 0 Å². The van der Waals surface area contributed by atoms with Crippen LogP contribution in [0, 0.1) is 6.92 Å². The molecule has 1 N–H and O–H groups in total. The normalized spacial score (nSPS) is 15.7. The second kappa shape index (κ2) is 8.64. The molecule has 0 bridgehead atoms. The van der Waals surface area contributed by atoms with Gasteiger partial charge in [0.05, 0.1) is 24.9 Å². The molecule has 3 rings (SSSR count). The van der Waals surface area contributed by atoms with Crippen LogP contribution in [0.3, 0.4) is 0 Å². The number of carbonyl (C=O) groups excluding carboxylic acids is 1. The average molecular weight is 358 g/mol. The number of fused-ring (bicyclic) bond motifs is 1. The van der Waals surface area contributed by atoms with Gasteiger partial charge in [-0.3, -0.25) is 14.4 Å². The van der Waals surface area contributed by atoms with E-state index in [0.29, 0.717) is 18.7 Å². The lowest BCUT2D eigenvalue weighted by atomic mass is 10.0. The fourth-order valence-electron chi connectivity index (χ4n) is 3.46. The van der Waals surface area contributed by atoms with Gasteiger partial charge in [-0.1, -0.05) is 6.42 Å². The molecule has 6 heteroatoms. The molecule has 0 radical (unpaired) electrons. The monoisotopic (exact) mass is 358 g/mol. The van der Waals surface area contributed by atoms with Crippen molar-refractivity contribution in [2.45, 2.75) is 52.8 Å². The minimum Gasteiger partial charge on any atom is -0.377 e. The molecule has 0 saturated carbocycles. The summed E-state index contributed by atoms with van der Waals surface area (Å²) in [7, 11) is 0. The molecule has 142 valence electrons. The van der Waals surface area contributed by atoms with Gasteiger partial charge in [-0.05, 0) is 64.4 Å². The maximum Gasteiger partial charge on any atom is 0.251 e. The van der Waals surface area contributed by atoms with Gasteiger partial charge in [-0.2, -0.15) is 5.10 Å². The summed E-state index contributed by atoms with van der Waals surface area (Å²) in [5.41, 5.74) is 2.63. The largest absolute Gasteiger partial charge is 0.377 e. The van der Waals surface area contributed by atoms with E-state index >= 15 is 0 Å². The van der Waals surface area contributed by atoms with E-state index in [2.05, 4.69) is 21.5 Å². The Hall–Kier alpha value is -1.92. The van der Waals surface area contributed by atoms with Crippen molar-refractivity contribution in [3.63, 3.8) is 0 Å². The Morgan fingerprint density at radius 2 is 2.04 bits per heavy atom. The van der Waals surface area contributed by atoms with Crippen LogP contribution in [0.4, 0.5) is 0 Å². The maximum atomic E-state index is 12.5. The zero-order chi connectivity index (χ0) is 18.5. The predicted molar refractivity (Wildman–Crippen MR) is 103 cm³/mol. The summed E-state index contributed by atoms with van der Waals surface area (Å²) >= 11 is 0. The third-order valence-electron chi connectivity index (χ3n) is 4.88. The molecule has 0 unspecified atom stereocenters. The van der Waals surface area contributed by atoms with E-state index in [1.54, 1.807) is 0 Å². The minimum absolute atomic E-state index is 0.0551. The van der Waals surface area contributed by atoms with Gasteiger partial charge in [0.2, 0.25) is 0 Å². The Kier molecular flexibility index (Phi) is 6.27. The third kappa shape index (κ3) is 4.62. The first-order valence-corrected chi connectivity index (χ1v) is 9.63. The number of benzene rings is 1. The lowest BCUT2D eigenvalue weighted by Gasteiger charge is -2.25. The van der Waals surface area contributed by atoms with E-state index in [0.717, 1.165) is 36.2 Å². The molecule has 1 aromatic heterocycles. The molecule has 1 saturated heterocycles. The second-order valence-corrected chi connectivity index (χ2v) is 7.34. The molecule has 1 aliphatic heterocycles. The number of ether oxygens (including phenoxy) is 1. The molecule has 0 atom stereocenters. The number of amides is 1. The van der Waals surface area contributed by atoms with Gasteiger partial charge in [-0.15, -0.1) is 0 Å². The Labute approximate surface area is 155 Å². The van der Waals surface area contributed by atoms with E-state index < -0.39 is 0 Å². The number of nitrogens with one attached hydrogen (secondary N) is 1. The van der Waals surface area contributed by atoms with Crippen molar-refractivity contribution < 1.29 is 9.53 Å². The minimum atomic E-state index is -0.0551. The zero-order valence-electron chi connectivity index (χ0n) is 16.1. The number of nitrogens with zero attached hydrogens (tertiary/aromatic N) is 3. The number of aromatic nitrogens is 2. The molecule has 1 fully saturated rings. The van der Waals surface area contributed by atoms with Gasteiger partial charge in [0, 0.05) is 23.7 Å². The first kappa shape index (κ1) is 18.9. The smallest absolute Gasteiger partial charge is 0.251 e. The third-order valence-corrected chi connectivity index (χ3v) is 4.88. The summed E-state index contributed by atoms with van der Waals surface area (Å²) in [5.74, 6) is -0.0551. The highest BCUT2D eigenvalue weighted by Crippen LogP contribution is 2.21. The van der Waals surface area contributed by atoms with Gasteiger partial charge in [0.1, 0.15) is 0 Å². The maximum absolute atomic E-state index is 12.5. The molecular formula is C20H30N4O2. The van der Waals surface area contributed by atoms with Crippen LogP contribution in [0.1, 0.15) is 49.0 Å². The number of piperidine rings is 1. The summed E-state index contributed by atoms with van der Waals surface area (Å²) in [5, 5.41) is 8.67. The number of hydrogen-bond acceptors (Lipinski definition) is 4. The lowest BCUT2D eigenvalue weighted by Crippen LogP contribution is -2.31. The number of carbonyl (C=O) groups is 1. The van der Waals surface area contributed by atoms with Crippen LogP contribution >= 0.6 is 0 Å². The number of hydrogen-bond donors (Lipinski definition) is 1. The average Bonchev–Trinajstić information content (AvgIpc) is 3.03. The molecule has 2 aromatic rings. The first-order chi connectivity index (χ1) is 12.5. The van der Waals surface area contributed by atoms with Crippen molar-refractivity contribution in [3.05, 3.63) is 29.5 Å². The van der Waals surface area contributed by atoms with E-state index in [4.69, 9.17) is 4.74 Å². The molecular weight excluding hydrogens is 328 g/mol. The van der Waals surface area contributed by atoms with Gasteiger partial charge in [-0.25, -0.2) is 0 Å². The van der Waals surface area contributed by atoms with Crippen LogP contribution < -0.4 is 5.32 Å². The van der Waals surface area contributed by atoms with Gasteiger partial charge < -0.3 is 10.1 Å². The predicted octanol–water partition coefficient (Wildman–Crippen LogP) is 2.94. The molecule has 1 aliphatic rings. The van der Waals surface area contributed by atoms with Crippen LogP contribution in [0.2, 0.25) is 0 Å². The molecule has 0 aliphatic carbocycles. The summed E-state index contributed by atoms with van der Waals surface area (Å²) in [6.45, 7) is 10.1. The Morgan fingerprint density at radius 1 is 1.27 bits per heavy atom. The summed E-state index contributed by atoms with van der Waals surface area (Å²) in [4.78, 5) is 14.9. The van der Waals surface area contributed by atoms with Gasteiger partial charge in [0.15, 0.2) is 0 Å². The molecule has 1 amide bonds. The molecule has 6 nitrogen and oxygen atoms in total. The Morgan fingerprint density at radius 3 is 2.77 bits per heavy atom. The molecule has 0 spiro atoms. The highest BCUT2D eigenvalue weighted by molar-refractivity contribution is 6.00. The summed E-state index contributed by atoms with van der Waals surface area (Å²) in [6, 6.07) is 3.81. The van der Waals surface area contributed by atoms with E-state index in [-0.39, 0.29) is 12.0 Å². The molecule has 1 aromatic carbocycles. The molecule has 26 heavy (non-hydrogen) atoms. The molecule has 2 heterocycles. The highest BCUT2D eigenvalue weighted by atomic mass is 16.5. The van der Waals surface area contributed by atoms with Crippen molar-refractivity contribution in [1.82, 2.24) is 20.0 Å². The quantitative estimate of drug-likeness (QED) is 0.773. The SMILES string of the molecule is Cc1c(C(=O)NCCOC(C)C)ccc2nn(CN3CCCCC3)cc12. The van der Waals surface area contributed by atoms with Crippen LogP contribution in [-0.2, 0) is 11.4 Å². The Bertz CT molecular complexity index is 748. The first-order valence-electron chi connectivity index (χ1n) is 9.63. The second-order valence-electron chi connectivity index (χ2n) is 7.34. The number of rotatable bonds is 7. The van der Waals surface area contributed by atoms with Crippen molar-refractivity contribution in [2.24, 2.45) is 0 Å². The van der Waals surface area contributed by atoms with Gasteiger partial charge >= 0.3 is 0 Å². The van der Waals surface area contributed by atoms with Crippen LogP contribution in [0.25, 0.3) is 10.9 Å². The topological polar surface area (TPSA) is 59.4 Å². The van der Waals surface area contributed by atoms with Crippen molar-refractivity contribution >= 4 is 16.8 Å². The van der Waals surface area contributed by atoms with Crippen molar-refractivity contribution in [2.75, 3.05) is 26.2 Å².